The highest BCUT2D eigenvalue weighted by atomic mass is 32.1. The summed E-state index contributed by atoms with van der Waals surface area (Å²) in [7, 11) is 0. The van der Waals surface area contributed by atoms with Gasteiger partial charge < -0.3 is 4.90 Å². The Kier molecular flexibility index (Phi) is 2.48. The fraction of sp³-hybridized carbons (Fsp3) is 0.333. The fourth-order valence-corrected chi connectivity index (χ4v) is 3.28. The van der Waals surface area contributed by atoms with E-state index in [4.69, 9.17) is 0 Å². The molecule has 1 unspecified atom stereocenters. The lowest BCUT2D eigenvalue weighted by molar-refractivity contribution is 0.0679. The van der Waals surface area contributed by atoms with Gasteiger partial charge in [-0.1, -0.05) is 0 Å². The highest BCUT2D eigenvalue weighted by Gasteiger charge is 2.29. The molecule has 0 saturated carbocycles. The van der Waals surface area contributed by atoms with Crippen molar-refractivity contribution in [2.45, 2.75) is 19.4 Å². The van der Waals surface area contributed by atoms with Gasteiger partial charge in [0.2, 0.25) is 0 Å². The second-order valence-electron chi connectivity index (χ2n) is 4.21. The fourth-order valence-electron chi connectivity index (χ4n) is 2.32. The third kappa shape index (κ3) is 1.67. The summed E-state index contributed by atoms with van der Waals surface area (Å²) in [4.78, 5) is 15.6. The summed E-state index contributed by atoms with van der Waals surface area (Å²) in [6, 6.07) is 2.28. The third-order valence-corrected chi connectivity index (χ3v) is 4.28. The van der Waals surface area contributed by atoms with Crippen LogP contribution in [0.3, 0.4) is 0 Å². The molecule has 0 radical (unpaired) electrons. The molecular formula is C12H13N3OS. The molecule has 17 heavy (non-hydrogen) atoms. The van der Waals surface area contributed by atoms with E-state index in [0.29, 0.717) is 5.56 Å². The molecule has 1 amide bonds. The SMILES string of the molecule is CC1c2ccsc2CCN1C(=O)c1cn[nH]c1. The summed E-state index contributed by atoms with van der Waals surface area (Å²) in [5.74, 6) is 0.0584. The number of carbonyl (C=O) groups excluding carboxylic acids is 1. The first-order valence-corrected chi connectivity index (χ1v) is 6.51. The summed E-state index contributed by atoms with van der Waals surface area (Å²) in [6.45, 7) is 2.88. The summed E-state index contributed by atoms with van der Waals surface area (Å²) < 4.78 is 0. The van der Waals surface area contributed by atoms with E-state index in [1.165, 1.54) is 10.4 Å². The van der Waals surface area contributed by atoms with Gasteiger partial charge in [0, 0.05) is 17.6 Å². The molecule has 0 fully saturated rings. The standard InChI is InChI=1S/C12H13N3OS/c1-8-10-3-5-17-11(10)2-4-15(8)12(16)9-6-13-14-7-9/h3,5-8H,2,4H2,1H3,(H,13,14). The third-order valence-electron chi connectivity index (χ3n) is 3.28. The van der Waals surface area contributed by atoms with E-state index in [1.54, 1.807) is 23.7 Å². The molecule has 4 nitrogen and oxygen atoms in total. The van der Waals surface area contributed by atoms with E-state index in [1.807, 2.05) is 4.90 Å². The number of aromatic nitrogens is 2. The number of rotatable bonds is 1. The Labute approximate surface area is 103 Å². The van der Waals surface area contributed by atoms with Crippen molar-refractivity contribution in [1.29, 1.82) is 0 Å². The molecule has 2 aromatic rings. The largest absolute Gasteiger partial charge is 0.331 e. The van der Waals surface area contributed by atoms with Crippen molar-refractivity contribution in [3.8, 4) is 0 Å². The summed E-state index contributed by atoms with van der Waals surface area (Å²) >= 11 is 1.78. The average Bonchev–Trinajstić information content (AvgIpc) is 3.00. The molecule has 3 rings (SSSR count). The first kappa shape index (κ1) is 10.5. The van der Waals surface area contributed by atoms with Gasteiger partial charge in [0.05, 0.1) is 17.8 Å². The zero-order valence-corrected chi connectivity index (χ0v) is 10.3. The van der Waals surface area contributed by atoms with Crippen LogP contribution in [-0.4, -0.2) is 27.5 Å². The first-order valence-electron chi connectivity index (χ1n) is 5.63. The number of thiophene rings is 1. The Morgan fingerprint density at radius 1 is 1.65 bits per heavy atom. The Morgan fingerprint density at radius 3 is 3.29 bits per heavy atom. The number of nitrogens with zero attached hydrogens (tertiary/aromatic N) is 2. The number of hydrogen-bond donors (Lipinski definition) is 1. The van der Waals surface area contributed by atoms with Crippen LogP contribution < -0.4 is 0 Å². The zero-order valence-electron chi connectivity index (χ0n) is 9.51. The second kappa shape index (κ2) is 4.00. The van der Waals surface area contributed by atoms with Gasteiger partial charge in [-0.3, -0.25) is 9.89 Å². The number of aromatic amines is 1. The number of amides is 1. The molecular weight excluding hydrogens is 234 g/mol. The molecule has 0 bridgehead atoms. The minimum Gasteiger partial charge on any atom is -0.331 e. The van der Waals surface area contributed by atoms with Gasteiger partial charge in [0.1, 0.15) is 0 Å². The van der Waals surface area contributed by atoms with Crippen LogP contribution in [0.4, 0.5) is 0 Å². The number of hydrogen-bond acceptors (Lipinski definition) is 3. The highest BCUT2D eigenvalue weighted by molar-refractivity contribution is 7.10. The van der Waals surface area contributed by atoms with E-state index in [9.17, 15) is 4.79 Å². The topological polar surface area (TPSA) is 49.0 Å². The molecule has 1 aliphatic heterocycles. The zero-order chi connectivity index (χ0) is 11.8. The Balaban J connectivity index is 1.89. The van der Waals surface area contributed by atoms with Gasteiger partial charge in [-0.05, 0) is 30.4 Å². The van der Waals surface area contributed by atoms with Gasteiger partial charge >= 0.3 is 0 Å². The molecule has 1 N–H and O–H groups in total. The van der Waals surface area contributed by atoms with Crippen molar-refractivity contribution in [3.63, 3.8) is 0 Å². The van der Waals surface area contributed by atoms with E-state index in [-0.39, 0.29) is 11.9 Å². The van der Waals surface area contributed by atoms with Crippen LogP contribution in [0, 0.1) is 0 Å². The van der Waals surface area contributed by atoms with E-state index >= 15 is 0 Å². The van der Waals surface area contributed by atoms with Crippen LogP contribution in [0.1, 0.15) is 33.8 Å². The van der Waals surface area contributed by atoms with Crippen molar-refractivity contribution in [2.24, 2.45) is 0 Å². The predicted octanol–water partition coefficient (Wildman–Crippen LogP) is 2.23. The van der Waals surface area contributed by atoms with Crippen LogP contribution >= 0.6 is 11.3 Å². The normalized spacial score (nSPS) is 19.1. The number of H-pyrrole nitrogens is 1. The summed E-state index contributed by atoms with van der Waals surface area (Å²) in [5.41, 5.74) is 1.92. The van der Waals surface area contributed by atoms with Crippen LogP contribution in [0.25, 0.3) is 0 Å². The molecule has 3 heterocycles. The molecule has 0 saturated heterocycles. The summed E-state index contributed by atoms with van der Waals surface area (Å²) in [5, 5.41) is 8.61. The Hall–Kier alpha value is -1.62. The second-order valence-corrected chi connectivity index (χ2v) is 5.21. The molecule has 1 atom stereocenters. The first-order chi connectivity index (χ1) is 8.27. The number of carbonyl (C=O) groups is 1. The maximum atomic E-state index is 12.3. The lowest BCUT2D eigenvalue weighted by atomic mass is 10.0. The van der Waals surface area contributed by atoms with Gasteiger partial charge in [0.25, 0.3) is 5.91 Å². The van der Waals surface area contributed by atoms with Gasteiger partial charge in [-0.15, -0.1) is 11.3 Å². The van der Waals surface area contributed by atoms with Crippen LogP contribution in [0.2, 0.25) is 0 Å². The smallest absolute Gasteiger partial charge is 0.257 e. The van der Waals surface area contributed by atoms with Crippen molar-refractivity contribution in [1.82, 2.24) is 15.1 Å². The molecule has 0 aliphatic carbocycles. The Morgan fingerprint density at radius 2 is 2.53 bits per heavy atom. The average molecular weight is 247 g/mol. The minimum absolute atomic E-state index is 0.0584. The van der Waals surface area contributed by atoms with Gasteiger partial charge in [0.15, 0.2) is 0 Å². The van der Waals surface area contributed by atoms with Crippen molar-refractivity contribution < 1.29 is 4.79 Å². The maximum absolute atomic E-state index is 12.3. The quantitative estimate of drug-likeness (QED) is 0.840. The number of fused-ring (bicyclic) bond motifs is 1. The van der Waals surface area contributed by atoms with E-state index in [2.05, 4.69) is 28.6 Å². The van der Waals surface area contributed by atoms with Crippen molar-refractivity contribution >= 4 is 17.2 Å². The van der Waals surface area contributed by atoms with Crippen LogP contribution in [-0.2, 0) is 6.42 Å². The molecule has 1 aliphatic rings. The predicted molar refractivity (Wildman–Crippen MR) is 66.1 cm³/mol. The van der Waals surface area contributed by atoms with Gasteiger partial charge in [-0.2, -0.15) is 5.10 Å². The highest BCUT2D eigenvalue weighted by Crippen LogP contribution is 2.33. The molecule has 2 aromatic heterocycles. The van der Waals surface area contributed by atoms with Crippen LogP contribution in [0.15, 0.2) is 23.8 Å². The van der Waals surface area contributed by atoms with E-state index in [0.717, 1.165) is 13.0 Å². The lowest BCUT2D eigenvalue weighted by Gasteiger charge is -2.33. The van der Waals surface area contributed by atoms with Crippen molar-refractivity contribution in [2.75, 3.05) is 6.54 Å². The Bertz CT molecular complexity index is 532. The maximum Gasteiger partial charge on any atom is 0.257 e. The summed E-state index contributed by atoms with van der Waals surface area (Å²) in [6.07, 6.45) is 4.19. The molecule has 0 spiro atoms. The van der Waals surface area contributed by atoms with Crippen molar-refractivity contribution in [3.05, 3.63) is 39.8 Å². The van der Waals surface area contributed by atoms with Crippen LogP contribution in [0.5, 0.6) is 0 Å². The van der Waals surface area contributed by atoms with E-state index < -0.39 is 0 Å². The molecule has 5 heteroatoms. The molecule has 88 valence electrons. The monoisotopic (exact) mass is 247 g/mol. The number of nitrogens with one attached hydrogen (secondary N) is 1. The minimum atomic E-state index is 0.0584. The lowest BCUT2D eigenvalue weighted by Crippen LogP contribution is -2.38. The molecule has 0 aromatic carbocycles. The van der Waals surface area contributed by atoms with Gasteiger partial charge in [-0.25, -0.2) is 0 Å².